The molecule has 0 amide bonds. The molecule has 0 aliphatic heterocycles. The van der Waals surface area contributed by atoms with E-state index in [4.69, 9.17) is 0 Å². The summed E-state index contributed by atoms with van der Waals surface area (Å²) < 4.78 is 13.6. The smallest absolute Gasteiger partial charge is 0.123 e. The third-order valence-corrected chi connectivity index (χ3v) is 4.44. The summed E-state index contributed by atoms with van der Waals surface area (Å²) in [4.78, 5) is 0. The highest BCUT2D eigenvalue weighted by molar-refractivity contribution is 6.23. The van der Waals surface area contributed by atoms with Crippen LogP contribution in [0.3, 0.4) is 0 Å². The summed E-state index contributed by atoms with van der Waals surface area (Å²) in [6, 6.07) is 22.0. The summed E-state index contributed by atoms with van der Waals surface area (Å²) in [5, 5.41) is 4.57. The SMILES string of the molecule is Fc1ccc2c(c1)cc1c3c(cccc32)-c2ccccc2-1. The first-order valence-corrected chi connectivity index (χ1v) is 7.08. The van der Waals surface area contributed by atoms with Gasteiger partial charge in [-0.3, -0.25) is 0 Å². The van der Waals surface area contributed by atoms with E-state index in [2.05, 4.69) is 48.5 Å². The fraction of sp³-hybridized carbons (Fsp3) is 0. The van der Waals surface area contributed by atoms with E-state index in [1.807, 2.05) is 6.07 Å². The first kappa shape index (κ1) is 11.0. The molecule has 0 N–H and O–H groups in total. The summed E-state index contributed by atoms with van der Waals surface area (Å²) in [6.07, 6.45) is 0. The predicted molar refractivity (Wildman–Crippen MR) is 85.8 cm³/mol. The maximum atomic E-state index is 13.6. The Bertz CT molecular complexity index is 1040. The van der Waals surface area contributed by atoms with Crippen molar-refractivity contribution in [3.05, 3.63) is 72.5 Å². The third kappa shape index (κ3) is 1.33. The van der Waals surface area contributed by atoms with E-state index in [1.54, 1.807) is 12.1 Å². The van der Waals surface area contributed by atoms with Crippen LogP contribution in [0.4, 0.5) is 4.39 Å². The molecule has 0 aromatic heterocycles. The minimum absolute atomic E-state index is 0.184. The summed E-state index contributed by atoms with van der Waals surface area (Å²) in [5.41, 5.74) is 5.02. The van der Waals surface area contributed by atoms with Gasteiger partial charge in [0.15, 0.2) is 0 Å². The van der Waals surface area contributed by atoms with E-state index in [1.165, 1.54) is 33.0 Å². The fourth-order valence-electron chi connectivity index (χ4n) is 3.58. The molecule has 1 aliphatic carbocycles. The van der Waals surface area contributed by atoms with Crippen molar-refractivity contribution in [3.8, 4) is 22.3 Å². The molecule has 0 fully saturated rings. The monoisotopic (exact) mass is 270 g/mol. The van der Waals surface area contributed by atoms with Gasteiger partial charge in [0.2, 0.25) is 0 Å². The van der Waals surface area contributed by atoms with Crippen LogP contribution in [-0.2, 0) is 0 Å². The van der Waals surface area contributed by atoms with Gasteiger partial charge in [-0.15, -0.1) is 0 Å². The van der Waals surface area contributed by atoms with E-state index in [-0.39, 0.29) is 5.82 Å². The zero-order chi connectivity index (χ0) is 14.0. The molecule has 21 heavy (non-hydrogen) atoms. The summed E-state index contributed by atoms with van der Waals surface area (Å²) in [5.74, 6) is -0.184. The van der Waals surface area contributed by atoms with Gasteiger partial charge in [-0.1, -0.05) is 48.5 Å². The van der Waals surface area contributed by atoms with Crippen LogP contribution in [0.15, 0.2) is 66.7 Å². The zero-order valence-electron chi connectivity index (χ0n) is 11.2. The molecule has 0 saturated heterocycles. The second-order valence-electron chi connectivity index (χ2n) is 5.56. The van der Waals surface area contributed by atoms with Crippen molar-refractivity contribution in [2.24, 2.45) is 0 Å². The number of rotatable bonds is 0. The van der Waals surface area contributed by atoms with Crippen LogP contribution in [0.2, 0.25) is 0 Å². The zero-order valence-corrected chi connectivity index (χ0v) is 11.2. The molecule has 0 nitrogen and oxygen atoms in total. The van der Waals surface area contributed by atoms with E-state index in [0.717, 1.165) is 10.8 Å². The Balaban J connectivity index is 2.09. The molecule has 0 radical (unpaired) electrons. The molecule has 0 saturated carbocycles. The van der Waals surface area contributed by atoms with E-state index in [0.29, 0.717) is 0 Å². The molecule has 4 aromatic rings. The van der Waals surface area contributed by atoms with Crippen molar-refractivity contribution in [3.63, 3.8) is 0 Å². The normalized spacial score (nSPS) is 12.0. The first-order chi connectivity index (χ1) is 10.3. The maximum Gasteiger partial charge on any atom is 0.123 e. The van der Waals surface area contributed by atoms with Gasteiger partial charge in [-0.05, 0) is 62.0 Å². The lowest BCUT2D eigenvalue weighted by Crippen LogP contribution is -1.82. The van der Waals surface area contributed by atoms with Crippen molar-refractivity contribution < 1.29 is 4.39 Å². The highest BCUT2D eigenvalue weighted by Crippen LogP contribution is 2.48. The van der Waals surface area contributed by atoms with Gasteiger partial charge in [0, 0.05) is 0 Å². The molecule has 0 bridgehead atoms. The standard InChI is InChI=1S/C20H11F/c21-13-8-9-14-12(10-13)11-19-16-5-2-1-4-15(16)18-7-3-6-17(14)20(18)19/h1-11H. The topological polar surface area (TPSA) is 0 Å². The van der Waals surface area contributed by atoms with E-state index in [9.17, 15) is 4.39 Å². The molecule has 0 heterocycles. The molecule has 98 valence electrons. The second-order valence-corrected chi connectivity index (χ2v) is 5.56. The summed E-state index contributed by atoms with van der Waals surface area (Å²) in [7, 11) is 0. The molecule has 0 spiro atoms. The lowest BCUT2D eigenvalue weighted by molar-refractivity contribution is 0.630. The Morgan fingerprint density at radius 3 is 2.19 bits per heavy atom. The number of fused-ring (bicyclic) bond motifs is 5. The first-order valence-electron chi connectivity index (χ1n) is 7.08. The van der Waals surface area contributed by atoms with Gasteiger partial charge in [-0.25, -0.2) is 4.39 Å². The molecular formula is C20H11F. The number of benzene rings is 4. The van der Waals surface area contributed by atoms with E-state index >= 15 is 0 Å². The largest absolute Gasteiger partial charge is 0.207 e. The van der Waals surface area contributed by atoms with Gasteiger partial charge in [0.05, 0.1) is 0 Å². The quantitative estimate of drug-likeness (QED) is 0.313. The minimum atomic E-state index is -0.184. The fourth-order valence-corrected chi connectivity index (χ4v) is 3.58. The van der Waals surface area contributed by atoms with Gasteiger partial charge in [-0.2, -0.15) is 0 Å². The van der Waals surface area contributed by atoms with Crippen LogP contribution >= 0.6 is 0 Å². The van der Waals surface area contributed by atoms with Gasteiger partial charge >= 0.3 is 0 Å². The van der Waals surface area contributed by atoms with Crippen LogP contribution in [0.25, 0.3) is 43.8 Å². The van der Waals surface area contributed by atoms with Crippen LogP contribution < -0.4 is 0 Å². The molecule has 0 atom stereocenters. The van der Waals surface area contributed by atoms with Gasteiger partial charge in [0.25, 0.3) is 0 Å². The van der Waals surface area contributed by atoms with Crippen molar-refractivity contribution >= 4 is 21.5 Å². The highest BCUT2D eigenvalue weighted by Gasteiger charge is 2.21. The number of hydrogen-bond acceptors (Lipinski definition) is 0. The molecule has 5 rings (SSSR count). The number of hydrogen-bond donors (Lipinski definition) is 0. The third-order valence-electron chi connectivity index (χ3n) is 4.44. The van der Waals surface area contributed by atoms with Crippen molar-refractivity contribution in [1.29, 1.82) is 0 Å². The van der Waals surface area contributed by atoms with Crippen molar-refractivity contribution in [1.82, 2.24) is 0 Å². The van der Waals surface area contributed by atoms with Crippen molar-refractivity contribution in [2.75, 3.05) is 0 Å². The second kappa shape index (κ2) is 3.70. The average Bonchev–Trinajstić information content (AvgIpc) is 2.83. The van der Waals surface area contributed by atoms with Crippen LogP contribution in [0.5, 0.6) is 0 Å². The van der Waals surface area contributed by atoms with Gasteiger partial charge in [0.1, 0.15) is 5.82 Å². The van der Waals surface area contributed by atoms with Crippen LogP contribution in [-0.4, -0.2) is 0 Å². The Morgan fingerprint density at radius 2 is 1.33 bits per heavy atom. The van der Waals surface area contributed by atoms with Crippen LogP contribution in [0, 0.1) is 5.82 Å². The van der Waals surface area contributed by atoms with Crippen molar-refractivity contribution in [2.45, 2.75) is 0 Å². The molecule has 0 unspecified atom stereocenters. The van der Waals surface area contributed by atoms with Gasteiger partial charge < -0.3 is 0 Å². The summed E-state index contributed by atoms with van der Waals surface area (Å²) in [6.45, 7) is 0. The molecule has 1 aliphatic rings. The Morgan fingerprint density at radius 1 is 0.571 bits per heavy atom. The minimum Gasteiger partial charge on any atom is -0.207 e. The number of halogens is 1. The molecular weight excluding hydrogens is 259 g/mol. The maximum absolute atomic E-state index is 13.6. The lowest BCUT2D eigenvalue weighted by atomic mass is 9.96. The highest BCUT2D eigenvalue weighted by atomic mass is 19.1. The van der Waals surface area contributed by atoms with Crippen LogP contribution in [0.1, 0.15) is 0 Å². The lowest BCUT2D eigenvalue weighted by Gasteiger charge is -2.07. The Labute approximate surface area is 121 Å². The predicted octanol–water partition coefficient (Wildman–Crippen LogP) is 5.78. The Hall–Kier alpha value is -2.67. The molecule has 4 aromatic carbocycles. The van der Waals surface area contributed by atoms with E-state index < -0.39 is 0 Å². The molecule has 1 heteroatoms. The Kier molecular flexibility index (Phi) is 1.95. The summed E-state index contributed by atoms with van der Waals surface area (Å²) >= 11 is 0. The average molecular weight is 270 g/mol.